The highest BCUT2D eigenvalue weighted by Crippen LogP contribution is 2.32. The number of hydrogen-bond acceptors (Lipinski definition) is 4. The molecule has 21 heavy (non-hydrogen) atoms. The van der Waals surface area contributed by atoms with Crippen LogP contribution >= 0.6 is 11.8 Å². The van der Waals surface area contributed by atoms with Crippen molar-refractivity contribution in [3.8, 4) is 5.75 Å². The largest absolute Gasteiger partial charge is 0.494 e. The monoisotopic (exact) mass is 303 g/mol. The van der Waals surface area contributed by atoms with Crippen LogP contribution in [0.15, 0.2) is 46.5 Å². The Kier molecular flexibility index (Phi) is 3.70. The number of nitrogens with one attached hydrogen (secondary N) is 1. The Hall–Kier alpha value is -2.21. The predicted molar refractivity (Wildman–Crippen MR) is 82.2 cm³/mol. The first kappa shape index (κ1) is 13.8. The number of anilines is 1. The van der Waals surface area contributed by atoms with Crippen LogP contribution < -0.4 is 10.5 Å². The Labute approximate surface area is 125 Å². The van der Waals surface area contributed by atoms with Gasteiger partial charge in [-0.15, -0.1) is 0 Å². The van der Waals surface area contributed by atoms with Crippen LogP contribution in [0.25, 0.3) is 11.0 Å². The zero-order valence-electron chi connectivity index (χ0n) is 11.4. The van der Waals surface area contributed by atoms with Gasteiger partial charge in [0, 0.05) is 16.6 Å². The molecule has 1 heterocycles. The Morgan fingerprint density at radius 1 is 1.29 bits per heavy atom. The molecule has 0 radical (unpaired) electrons. The van der Waals surface area contributed by atoms with Crippen molar-refractivity contribution in [2.24, 2.45) is 0 Å². The van der Waals surface area contributed by atoms with Crippen molar-refractivity contribution in [3.05, 3.63) is 42.2 Å². The summed E-state index contributed by atoms with van der Waals surface area (Å²) in [6.45, 7) is 2.56. The number of hydrogen-bond donors (Lipinski definition) is 2. The molecule has 0 aliphatic rings. The summed E-state index contributed by atoms with van der Waals surface area (Å²) in [6, 6.07) is 10.0. The molecule has 2 aromatic carbocycles. The van der Waals surface area contributed by atoms with E-state index in [2.05, 4.69) is 9.97 Å². The van der Waals surface area contributed by atoms with Gasteiger partial charge in [-0.25, -0.2) is 9.37 Å². The average Bonchev–Trinajstić information content (AvgIpc) is 2.84. The minimum Gasteiger partial charge on any atom is -0.494 e. The highest BCUT2D eigenvalue weighted by atomic mass is 32.2. The smallest absolute Gasteiger partial charge is 0.171 e. The summed E-state index contributed by atoms with van der Waals surface area (Å²) in [5, 5.41) is 0.706. The molecule has 1 aromatic heterocycles. The first-order chi connectivity index (χ1) is 10.2. The van der Waals surface area contributed by atoms with E-state index in [1.807, 2.05) is 25.1 Å². The van der Waals surface area contributed by atoms with Gasteiger partial charge in [-0.1, -0.05) is 0 Å². The Morgan fingerprint density at radius 2 is 2.14 bits per heavy atom. The number of rotatable bonds is 4. The molecule has 0 atom stereocenters. The number of nitrogens with zero attached hydrogens (tertiary/aromatic N) is 1. The summed E-state index contributed by atoms with van der Waals surface area (Å²) in [4.78, 5) is 8.45. The van der Waals surface area contributed by atoms with E-state index in [9.17, 15) is 4.39 Å². The second-order valence-electron chi connectivity index (χ2n) is 4.44. The van der Waals surface area contributed by atoms with E-state index in [-0.39, 0.29) is 5.82 Å². The van der Waals surface area contributed by atoms with Crippen molar-refractivity contribution in [3.63, 3.8) is 0 Å². The summed E-state index contributed by atoms with van der Waals surface area (Å²) in [5.74, 6) is 0.453. The highest BCUT2D eigenvalue weighted by molar-refractivity contribution is 7.99. The third-order valence-electron chi connectivity index (χ3n) is 2.92. The van der Waals surface area contributed by atoms with Gasteiger partial charge in [0.2, 0.25) is 0 Å². The fraction of sp³-hybridized carbons (Fsp3) is 0.133. The van der Waals surface area contributed by atoms with Gasteiger partial charge in [-0.2, -0.15) is 0 Å². The van der Waals surface area contributed by atoms with Gasteiger partial charge >= 0.3 is 0 Å². The van der Waals surface area contributed by atoms with Crippen LogP contribution in [0.4, 0.5) is 10.1 Å². The van der Waals surface area contributed by atoms with Crippen LogP contribution in [-0.4, -0.2) is 16.6 Å². The first-order valence-corrected chi connectivity index (χ1v) is 7.33. The van der Waals surface area contributed by atoms with Gasteiger partial charge in [-0.3, -0.25) is 0 Å². The van der Waals surface area contributed by atoms with Gasteiger partial charge in [0.15, 0.2) is 5.16 Å². The lowest BCUT2D eigenvalue weighted by atomic mass is 10.3. The quantitative estimate of drug-likeness (QED) is 0.719. The van der Waals surface area contributed by atoms with Crippen molar-refractivity contribution >= 4 is 28.5 Å². The van der Waals surface area contributed by atoms with Crippen LogP contribution in [0.2, 0.25) is 0 Å². The van der Waals surface area contributed by atoms with E-state index in [1.54, 1.807) is 6.07 Å². The van der Waals surface area contributed by atoms with Crippen LogP contribution in [0.1, 0.15) is 6.92 Å². The topological polar surface area (TPSA) is 63.9 Å². The van der Waals surface area contributed by atoms with Crippen molar-refractivity contribution in [2.75, 3.05) is 12.3 Å². The normalized spacial score (nSPS) is 11.0. The Balaban J connectivity index is 1.90. The number of fused-ring (bicyclic) bond motifs is 1. The molecule has 0 aliphatic heterocycles. The molecule has 4 nitrogen and oxygen atoms in total. The van der Waals surface area contributed by atoms with E-state index in [4.69, 9.17) is 10.5 Å². The molecule has 0 saturated carbocycles. The third-order valence-corrected chi connectivity index (χ3v) is 3.90. The van der Waals surface area contributed by atoms with Gasteiger partial charge < -0.3 is 15.5 Å². The molecule has 3 rings (SSSR count). The van der Waals surface area contributed by atoms with Crippen LogP contribution in [0.3, 0.4) is 0 Å². The van der Waals surface area contributed by atoms with Crippen molar-refractivity contribution in [2.45, 2.75) is 17.0 Å². The van der Waals surface area contributed by atoms with Gasteiger partial charge in [0.1, 0.15) is 11.6 Å². The number of H-pyrrole nitrogens is 1. The lowest BCUT2D eigenvalue weighted by Crippen LogP contribution is -1.90. The number of nitrogens with two attached hydrogens (primary N) is 1. The lowest BCUT2D eigenvalue weighted by Gasteiger charge is -2.02. The van der Waals surface area contributed by atoms with E-state index >= 15 is 0 Å². The number of aromatic nitrogens is 2. The van der Waals surface area contributed by atoms with E-state index in [0.717, 1.165) is 21.7 Å². The number of ether oxygens (including phenoxy) is 1. The number of nitrogen functional groups attached to an aromatic ring is 1. The highest BCUT2D eigenvalue weighted by Gasteiger charge is 2.08. The maximum atomic E-state index is 13.0. The summed E-state index contributed by atoms with van der Waals surface area (Å²) in [5.41, 5.74) is 7.94. The van der Waals surface area contributed by atoms with Crippen molar-refractivity contribution < 1.29 is 9.13 Å². The summed E-state index contributed by atoms with van der Waals surface area (Å²) in [6.07, 6.45) is 0. The minimum atomic E-state index is -0.345. The molecule has 0 amide bonds. The minimum absolute atomic E-state index is 0.345. The molecular weight excluding hydrogens is 289 g/mol. The molecule has 0 fully saturated rings. The van der Waals surface area contributed by atoms with Crippen LogP contribution in [-0.2, 0) is 0 Å². The zero-order valence-corrected chi connectivity index (χ0v) is 12.2. The average molecular weight is 303 g/mol. The number of halogens is 1. The Bertz CT molecular complexity index is 788. The van der Waals surface area contributed by atoms with Gasteiger partial charge in [0.05, 0.1) is 17.6 Å². The standard InChI is InChI=1S/C15H14FN3OS/c1-2-20-10-4-5-12-13(8-10)19-15(18-12)21-14-6-3-9(16)7-11(14)17/h3-8H,2,17H2,1H3,(H,18,19). The molecule has 3 aromatic rings. The molecule has 0 spiro atoms. The fourth-order valence-corrected chi connectivity index (χ4v) is 2.81. The molecule has 0 bridgehead atoms. The maximum Gasteiger partial charge on any atom is 0.171 e. The summed E-state index contributed by atoms with van der Waals surface area (Å²) in [7, 11) is 0. The molecule has 0 unspecified atom stereocenters. The second kappa shape index (κ2) is 5.65. The first-order valence-electron chi connectivity index (χ1n) is 6.51. The summed E-state index contributed by atoms with van der Waals surface area (Å²) >= 11 is 1.37. The summed E-state index contributed by atoms with van der Waals surface area (Å²) < 4.78 is 18.5. The number of imidazole rings is 1. The second-order valence-corrected chi connectivity index (χ2v) is 5.47. The molecule has 108 valence electrons. The third kappa shape index (κ3) is 2.95. The van der Waals surface area contributed by atoms with E-state index < -0.39 is 0 Å². The molecule has 3 N–H and O–H groups in total. The molecule has 0 saturated heterocycles. The van der Waals surface area contributed by atoms with Crippen LogP contribution in [0.5, 0.6) is 5.75 Å². The van der Waals surface area contributed by atoms with E-state index in [1.165, 1.54) is 23.9 Å². The number of benzene rings is 2. The van der Waals surface area contributed by atoms with E-state index in [0.29, 0.717) is 17.5 Å². The SMILES string of the molecule is CCOc1ccc2nc(Sc3ccc(F)cc3N)[nH]c2c1. The molecular formula is C15H14FN3OS. The molecule has 0 aliphatic carbocycles. The fourth-order valence-electron chi connectivity index (χ4n) is 1.99. The lowest BCUT2D eigenvalue weighted by molar-refractivity contribution is 0.340. The zero-order chi connectivity index (χ0) is 14.8. The maximum absolute atomic E-state index is 13.0. The van der Waals surface area contributed by atoms with Gasteiger partial charge in [0.25, 0.3) is 0 Å². The number of aromatic amines is 1. The van der Waals surface area contributed by atoms with Crippen molar-refractivity contribution in [1.82, 2.24) is 9.97 Å². The Morgan fingerprint density at radius 3 is 2.90 bits per heavy atom. The van der Waals surface area contributed by atoms with Gasteiger partial charge in [-0.05, 0) is 49.0 Å². The van der Waals surface area contributed by atoms with Crippen molar-refractivity contribution in [1.29, 1.82) is 0 Å². The van der Waals surface area contributed by atoms with Crippen LogP contribution in [0, 0.1) is 5.82 Å². The molecule has 6 heteroatoms. The predicted octanol–water partition coefficient (Wildman–Crippen LogP) is 3.83.